The van der Waals surface area contributed by atoms with Gasteiger partial charge in [-0.2, -0.15) is 0 Å². The highest BCUT2D eigenvalue weighted by Crippen LogP contribution is 2.49. The van der Waals surface area contributed by atoms with Crippen molar-refractivity contribution in [3.63, 3.8) is 0 Å². The van der Waals surface area contributed by atoms with Crippen molar-refractivity contribution in [1.29, 1.82) is 0 Å². The zero-order valence-electron chi connectivity index (χ0n) is 21.0. The maximum Gasteiger partial charge on any atom is 0.127 e. The van der Waals surface area contributed by atoms with Crippen molar-refractivity contribution in [1.82, 2.24) is 0 Å². The molecule has 0 aromatic heterocycles. The number of hydrogen-bond donors (Lipinski definition) is 1. The molecule has 182 valence electrons. The first kappa shape index (κ1) is 25.0. The maximum absolute atomic E-state index is 10.4. The second kappa shape index (κ2) is 10.7. The fourth-order valence-corrected chi connectivity index (χ4v) is 6.29. The van der Waals surface area contributed by atoms with Crippen LogP contribution in [0.15, 0.2) is 53.5 Å². The van der Waals surface area contributed by atoms with E-state index in [-0.39, 0.29) is 18.1 Å². The molecule has 2 aliphatic rings. The summed E-state index contributed by atoms with van der Waals surface area (Å²) in [5, 5.41) is 11.2. The normalized spacial score (nSPS) is 25.6. The molecule has 0 heterocycles. The van der Waals surface area contributed by atoms with Crippen LogP contribution in [0.4, 0.5) is 0 Å². The average Bonchev–Trinajstić information content (AvgIpc) is 3.16. The Morgan fingerprint density at radius 3 is 2.59 bits per heavy atom. The molecule has 34 heavy (non-hydrogen) atoms. The van der Waals surface area contributed by atoms with Gasteiger partial charge in [-0.05, 0) is 99.2 Å². The highest BCUT2D eigenvalue weighted by molar-refractivity contribution is 6.31. The summed E-state index contributed by atoms with van der Waals surface area (Å²) in [6.07, 6.45) is 5.55. The Labute approximate surface area is 209 Å². The van der Waals surface area contributed by atoms with Gasteiger partial charge in [0, 0.05) is 29.6 Å². The van der Waals surface area contributed by atoms with Gasteiger partial charge in [-0.1, -0.05) is 41.8 Å². The van der Waals surface area contributed by atoms with Gasteiger partial charge in [0.1, 0.15) is 11.9 Å². The molecule has 2 aromatic carbocycles. The summed E-state index contributed by atoms with van der Waals surface area (Å²) in [5.74, 6) is 1.89. The Hall–Kier alpha value is -2.10. The van der Waals surface area contributed by atoms with E-state index in [1.807, 2.05) is 7.05 Å². The van der Waals surface area contributed by atoms with Gasteiger partial charge in [0.25, 0.3) is 0 Å². The minimum Gasteiger partial charge on any atom is -0.485 e. The first-order chi connectivity index (χ1) is 16.3. The van der Waals surface area contributed by atoms with Crippen LogP contribution in [0, 0.1) is 18.8 Å². The number of aliphatic hydroxyl groups is 1. The van der Waals surface area contributed by atoms with Gasteiger partial charge in [0.05, 0.1) is 6.10 Å². The smallest absolute Gasteiger partial charge is 0.127 e. The van der Waals surface area contributed by atoms with E-state index in [1.54, 1.807) is 0 Å². The van der Waals surface area contributed by atoms with Crippen molar-refractivity contribution in [2.45, 2.75) is 77.4 Å². The predicted octanol–water partition coefficient (Wildman–Crippen LogP) is 7.63. The molecular weight excluding hydrogens is 442 g/mol. The molecule has 2 aromatic rings. The Morgan fingerprint density at radius 2 is 1.94 bits per heavy atom. The number of rotatable bonds is 7. The van der Waals surface area contributed by atoms with Gasteiger partial charge in [-0.3, -0.25) is 4.99 Å². The third-order valence-electron chi connectivity index (χ3n) is 7.76. The Kier molecular flexibility index (Phi) is 7.84. The minimum absolute atomic E-state index is 0.0429. The summed E-state index contributed by atoms with van der Waals surface area (Å²) in [7, 11) is 1.85. The third kappa shape index (κ3) is 5.42. The van der Waals surface area contributed by atoms with E-state index in [0.29, 0.717) is 11.8 Å². The van der Waals surface area contributed by atoms with Crippen molar-refractivity contribution < 1.29 is 9.84 Å². The van der Waals surface area contributed by atoms with Crippen molar-refractivity contribution in [2.75, 3.05) is 7.05 Å². The second-order valence-corrected chi connectivity index (χ2v) is 10.9. The molecule has 0 saturated heterocycles. The molecule has 2 aliphatic carbocycles. The molecule has 1 saturated carbocycles. The summed E-state index contributed by atoms with van der Waals surface area (Å²) in [6.45, 7) is 10.4. The Balaban J connectivity index is 1.62. The van der Waals surface area contributed by atoms with Crippen LogP contribution in [-0.2, 0) is 6.42 Å². The lowest BCUT2D eigenvalue weighted by molar-refractivity contribution is 0.0408. The summed E-state index contributed by atoms with van der Waals surface area (Å²) in [4.78, 5) is 4.44. The first-order valence-electron chi connectivity index (χ1n) is 12.6. The van der Waals surface area contributed by atoms with Crippen LogP contribution in [0.3, 0.4) is 0 Å². The lowest BCUT2D eigenvalue weighted by Crippen LogP contribution is -2.29. The van der Waals surface area contributed by atoms with Gasteiger partial charge >= 0.3 is 0 Å². The molecule has 5 atom stereocenters. The standard InChI is InChI=1S/C30H38ClNO2/c1-18(2)13-25(20(4)32-5)21-9-11-24(12-10-21)34-30-26(22-7-6-8-23(33)16-22)17-27-28(30)14-19(3)15-29(27)31/h9-12,14-15,22-23,25-26,30,33H,1,6-8,13,16-17H2,2-5H3. The number of hydrogen-bond acceptors (Lipinski definition) is 3. The number of halogens is 1. The highest BCUT2D eigenvalue weighted by Gasteiger charge is 2.41. The lowest BCUT2D eigenvalue weighted by Gasteiger charge is -2.34. The second-order valence-electron chi connectivity index (χ2n) is 10.4. The quantitative estimate of drug-likeness (QED) is 0.327. The fraction of sp³-hybridized carbons (Fsp3) is 0.500. The summed E-state index contributed by atoms with van der Waals surface area (Å²) in [6, 6.07) is 12.8. The number of ether oxygens (including phenoxy) is 1. The average molecular weight is 480 g/mol. The number of aryl methyl sites for hydroxylation is 1. The van der Waals surface area contributed by atoms with Crippen LogP contribution in [0.1, 0.15) is 80.2 Å². The zero-order valence-corrected chi connectivity index (χ0v) is 21.7. The van der Waals surface area contributed by atoms with Crippen molar-refractivity contribution in [2.24, 2.45) is 16.8 Å². The Morgan fingerprint density at radius 1 is 1.21 bits per heavy atom. The van der Waals surface area contributed by atoms with Gasteiger partial charge < -0.3 is 9.84 Å². The van der Waals surface area contributed by atoms with Crippen LogP contribution < -0.4 is 4.74 Å². The van der Waals surface area contributed by atoms with E-state index in [0.717, 1.165) is 66.1 Å². The molecule has 4 heteroatoms. The van der Waals surface area contributed by atoms with Crippen LogP contribution >= 0.6 is 11.6 Å². The number of aliphatic imine (C=N–C) groups is 1. The van der Waals surface area contributed by atoms with E-state index >= 15 is 0 Å². The molecule has 5 unspecified atom stereocenters. The summed E-state index contributed by atoms with van der Waals surface area (Å²) >= 11 is 6.69. The molecule has 1 fully saturated rings. The monoisotopic (exact) mass is 479 g/mol. The molecule has 3 nitrogen and oxygen atoms in total. The topological polar surface area (TPSA) is 41.8 Å². The van der Waals surface area contributed by atoms with Crippen LogP contribution in [0.2, 0.25) is 5.02 Å². The van der Waals surface area contributed by atoms with Gasteiger partial charge in [-0.15, -0.1) is 6.58 Å². The first-order valence-corrected chi connectivity index (χ1v) is 13.0. The zero-order chi connectivity index (χ0) is 24.4. The molecule has 1 N–H and O–H groups in total. The minimum atomic E-state index is -0.201. The highest BCUT2D eigenvalue weighted by atomic mass is 35.5. The summed E-state index contributed by atoms with van der Waals surface area (Å²) < 4.78 is 6.73. The molecule has 0 spiro atoms. The predicted molar refractivity (Wildman–Crippen MR) is 142 cm³/mol. The van der Waals surface area contributed by atoms with E-state index in [1.165, 1.54) is 16.7 Å². The van der Waals surface area contributed by atoms with Crippen LogP contribution in [0.5, 0.6) is 5.75 Å². The van der Waals surface area contributed by atoms with E-state index < -0.39 is 0 Å². The van der Waals surface area contributed by atoms with Gasteiger partial charge in [-0.25, -0.2) is 0 Å². The lowest BCUT2D eigenvalue weighted by atomic mass is 9.76. The number of aliphatic hydroxyl groups excluding tert-OH is 1. The fourth-order valence-electron chi connectivity index (χ4n) is 5.93. The molecule has 4 rings (SSSR count). The van der Waals surface area contributed by atoms with Gasteiger partial charge in [0.15, 0.2) is 0 Å². The van der Waals surface area contributed by atoms with E-state index in [4.69, 9.17) is 16.3 Å². The van der Waals surface area contributed by atoms with E-state index in [9.17, 15) is 5.11 Å². The number of fused-ring (bicyclic) bond motifs is 1. The largest absolute Gasteiger partial charge is 0.485 e. The molecule has 0 bridgehead atoms. The van der Waals surface area contributed by atoms with Crippen LogP contribution in [0.25, 0.3) is 0 Å². The number of nitrogens with zero attached hydrogens (tertiary/aromatic N) is 1. The van der Waals surface area contributed by atoms with Crippen molar-refractivity contribution >= 4 is 17.3 Å². The molecule has 0 aliphatic heterocycles. The number of benzene rings is 2. The molecular formula is C30H38ClNO2. The maximum atomic E-state index is 10.4. The van der Waals surface area contributed by atoms with Crippen molar-refractivity contribution in [3.8, 4) is 5.75 Å². The van der Waals surface area contributed by atoms with Gasteiger partial charge in [0.2, 0.25) is 0 Å². The SMILES string of the molecule is C=C(C)CC(C(C)=NC)c1ccc(OC2c3cc(C)cc(Cl)c3CC2C2CCCC(O)C2)cc1. The third-order valence-corrected chi connectivity index (χ3v) is 8.09. The molecule has 0 radical (unpaired) electrons. The van der Waals surface area contributed by atoms with E-state index in [2.05, 4.69) is 68.7 Å². The number of allylic oxidation sites excluding steroid dienone is 1. The Bertz CT molecular complexity index is 1060. The summed E-state index contributed by atoms with van der Waals surface area (Å²) in [5.41, 5.74) is 7.09. The van der Waals surface area contributed by atoms with Crippen LogP contribution in [-0.4, -0.2) is 24.0 Å². The van der Waals surface area contributed by atoms with Crippen molar-refractivity contribution in [3.05, 3.63) is 75.8 Å². The molecule has 0 amide bonds.